The van der Waals surface area contributed by atoms with Gasteiger partial charge in [0.1, 0.15) is 12.2 Å². The minimum Gasteiger partial charge on any atom is -0.392 e. The first-order chi connectivity index (χ1) is 10.0. The van der Waals surface area contributed by atoms with Crippen molar-refractivity contribution in [2.24, 2.45) is 0 Å². The third-order valence-corrected chi connectivity index (χ3v) is 5.57. The minimum absolute atomic E-state index is 0.177. The molecule has 0 aliphatic carbocycles. The number of fused-ring (bicyclic) bond motifs is 1. The molecule has 21 heavy (non-hydrogen) atoms. The largest absolute Gasteiger partial charge is 0.392 e. The predicted octanol–water partition coefficient (Wildman–Crippen LogP) is 0.283. The van der Waals surface area contributed by atoms with Crippen LogP contribution in [0, 0.1) is 6.92 Å². The molecule has 7 nitrogen and oxygen atoms in total. The van der Waals surface area contributed by atoms with E-state index in [1.165, 1.54) is 10.4 Å². The zero-order chi connectivity index (χ0) is 15.0. The van der Waals surface area contributed by atoms with Crippen molar-refractivity contribution in [3.8, 4) is 0 Å². The van der Waals surface area contributed by atoms with E-state index >= 15 is 0 Å². The van der Waals surface area contributed by atoms with Crippen LogP contribution in [0.5, 0.6) is 0 Å². The van der Waals surface area contributed by atoms with Crippen molar-refractivity contribution in [3.63, 3.8) is 0 Å². The molecule has 1 aliphatic heterocycles. The van der Waals surface area contributed by atoms with E-state index < -0.39 is 10.0 Å². The number of rotatable bonds is 3. The van der Waals surface area contributed by atoms with E-state index in [-0.39, 0.29) is 18.0 Å². The van der Waals surface area contributed by atoms with E-state index in [9.17, 15) is 13.5 Å². The normalized spacial score (nSPS) is 15.9. The van der Waals surface area contributed by atoms with E-state index in [4.69, 9.17) is 0 Å². The van der Waals surface area contributed by atoms with Gasteiger partial charge in [-0.3, -0.25) is 0 Å². The molecule has 0 saturated carbocycles. The van der Waals surface area contributed by atoms with Gasteiger partial charge in [-0.15, -0.1) is 10.2 Å². The Balaban J connectivity index is 1.94. The van der Waals surface area contributed by atoms with E-state index in [0.717, 1.165) is 5.56 Å². The maximum Gasteiger partial charge on any atom is 0.243 e. The Morgan fingerprint density at radius 3 is 2.90 bits per heavy atom. The van der Waals surface area contributed by atoms with Crippen molar-refractivity contribution in [3.05, 3.63) is 41.5 Å². The lowest BCUT2D eigenvalue weighted by Gasteiger charge is -2.26. The van der Waals surface area contributed by atoms with Crippen molar-refractivity contribution in [2.75, 3.05) is 6.54 Å². The Morgan fingerprint density at radius 2 is 2.14 bits per heavy atom. The molecule has 0 atom stereocenters. The first-order valence-electron chi connectivity index (χ1n) is 6.59. The average molecular weight is 308 g/mol. The first-order valence-corrected chi connectivity index (χ1v) is 8.03. The van der Waals surface area contributed by atoms with E-state index in [1.54, 1.807) is 18.5 Å². The summed E-state index contributed by atoms with van der Waals surface area (Å²) in [7, 11) is -3.59. The van der Waals surface area contributed by atoms with Crippen LogP contribution in [0.25, 0.3) is 0 Å². The highest BCUT2D eigenvalue weighted by Crippen LogP contribution is 2.22. The van der Waals surface area contributed by atoms with Gasteiger partial charge in [-0.2, -0.15) is 4.31 Å². The Morgan fingerprint density at radius 1 is 1.33 bits per heavy atom. The summed E-state index contributed by atoms with van der Waals surface area (Å²) in [5.41, 5.74) is 1.49. The Hall–Kier alpha value is -1.77. The molecule has 0 saturated heterocycles. The van der Waals surface area contributed by atoms with Crippen LogP contribution < -0.4 is 0 Å². The Bertz CT molecular complexity index is 769. The smallest absolute Gasteiger partial charge is 0.243 e. The first kappa shape index (κ1) is 14.2. The van der Waals surface area contributed by atoms with Gasteiger partial charge in [0.2, 0.25) is 10.0 Å². The number of aliphatic hydroxyl groups is 1. The molecule has 0 amide bonds. The molecular formula is C13H16N4O3S. The quantitative estimate of drug-likeness (QED) is 0.880. The summed E-state index contributed by atoms with van der Waals surface area (Å²) in [4.78, 5) is 0.199. The molecule has 8 heteroatoms. The van der Waals surface area contributed by atoms with E-state index in [2.05, 4.69) is 10.2 Å². The van der Waals surface area contributed by atoms with Crippen LogP contribution in [0.4, 0.5) is 0 Å². The summed E-state index contributed by atoms with van der Waals surface area (Å²) < 4.78 is 28.6. The maximum atomic E-state index is 12.7. The SMILES string of the molecule is Cc1ccc(S(=O)(=O)N2CCn3cnnc3C2)cc1CO. The van der Waals surface area contributed by atoms with Crippen molar-refractivity contribution in [1.82, 2.24) is 19.1 Å². The van der Waals surface area contributed by atoms with E-state index in [1.807, 2.05) is 11.5 Å². The molecule has 1 aliphatic rings. The number of hydrogen-bond donors (Lipinski definition) is 1. The van der Waals surface area contributed by atoms with Gasteiger partial charge in [-0.25, -0.2) is 8.42 Å². The number of sulfonamides is 1. The zero-order valence-corrected chi connectivity index (χ0v) is 12.4. The lowest BCUT2D eigenvalue weighted by atomic mass is 10.1. The summed E-state index contributed by atoms with van der Waals surface area (Å²) in [5.74, 6) is 0.638. The standard InChI is InChI=1S/C13H16N4O3S/c1-10-2-3-12(6-11(10)8-18)21(19,20)17-5-4-16-9-14-15-13(16)7-17/h2-3,6,9,18H,4-5,7-8H2,1H3. The number of benzene rings is 1. The summed E-state index contributed by atoms with van der Waals surface area (Å²) in [6, 6.07) is 4.82. The topological polar surface area (TPSA) is 88.3 Å². The van der Waals surface area contributed by atoms with Crippen LogP contribution in [-0.2, 0) is 29.7 Å². The van der Waals surface area contributed by atoms with Crippen LogP contribution in [0.15, 0.2) is 29.4 Å². The molecule has 0 bridgehead atoms. The lowest BCUT2D eigenvalue weighted by Crippen LogP contribution is -2.38. The molecular weight excluding hydrogens is 292 g/mol. The van der Waals surface area contributed by atoms with Crippen LogP contribution >= 0.6 is 0 Å². The molecule has 0 radical (unpaired) electrons. The van der Waals surface area contributed by atoms with Gasteiger partial charge in [0, 0.05) is 13.1 Å². The van der Waals surface area contributed by atoms with Crippen LogP contribution in [-0.4, -0.2) is 39.1 Å². The zero-order valence-electron chi connectivity index (χ0n) is 11.6. The second-order valence-corrected chi connectivity index (χ2v) is 6.96. The Labute approximate surface area is 122 Å². The molecule has 2 heterocycles. The van der Waals surface area contributed by atoms with Gasteiger partial charge in [0.25, 0.3) is 0 Å². The maximum absolute atomic E-state index is 12.7. The molecule has 1 aromatic heterocycles. The average Bonchev–Trinajstić information content (AvgIpc) is 2.94. The van der Waals surface area contributed by atoms with Gasteiger partial charge in [0.15, 0.2) is 0 Å². The summed E-state index contributed by atoms with van der Waals surface area (Å²) in [6.07, 6.45) is 1.61. The molecule has 0 unspecified atom stereocenters. The van der Waals surface area contributed by atoms with Crippen molar-refractivity contribution in [2.45, 2.75) is 31.5 Å². The third kappa shape index (κ3) is 2.45. The molecule has 0 spiro atoms. The van der Waals surface area contributed by atoms with Crippen molar-refractivity contribution >= 4 is 10.0 Å². The molecule has 1 N–H and O–H groups in total. The third-order valence-electron chi connectivity index (χ3n) is 3.73. The number of aryl methyl sites for hydroxylation is 1. The van der Waals surface area contributed by atoms with Crippen molar-refractivity contribution < 1.29 is 13.5 Å². The van der Waals surface area contributed by atoms with Crippen LogP contribution in [0.3, 0.4) is 0 Å². The monoisotopic (exact) mass is 308 g/mol. The predicted molar refractivity (Wildman–Crippen MR) is 74.7 cm³/mol. The highest BCUT2D eigenvalue weighted by molar-refractivity contribution is 7.89. The summed E-state index contributed by atoms with van der Waals surface area (Å²) in [6.45, 7) is 2.80. The van der Waals surface area contributed by atoms with Gasteiger partial charge in [-0.1, -0.05) is 6.07 Å². The number of aliphatic hydroxyl groups excluding tert-OH is 1. The Kier molecular flexibility index (Phi) is 3.52. The van der Waals surface area contributed by atoms with Gasteiger partial charge >= 0.3 is 0 Å². The molecule has 1 aromatic carbocycles. The highest BCUT2D eigenvalue weighted by Gasteiger charge is 2.29. The summed E-state index contributed by atoms with van der Waals surface area (Å²) >= 11 is 0. The van der Waals surface area contributed by atoms with Gasteiger partial charge in [-0.05, 0) is 30.2 Å². The number of nitrogens with zero attached hydrogens (tertiary/aromatic N) is 4. The van der Waals surface area contributed by atoms with Gasteiger partial charge in [0.05, 0.1) is 18.0 Å². The number of hydrogen-bond acceptors (Lipinski definition) is 5. The summed E-state index contributed by atoms with van der Waals surface area (Å²) in [5, 5.41) is 17.0. The molecule has 3 rings (SSSR count). The second kappa shape index (κ2) is 5.21. The van der Waals surface area contributed by atoms with Crippen molar-refractivity contribution in [1.29, 1.82) is 0 Å². The fourth-order valence-corrected chi connectivity index (χ4v) is 3.81. The fourth-order valence-electron chi connectivity index (χ4n) is 2.38. The van der Waals surface area contributed by atoms with E-state index in [0.29, 0.717) is 24.5 Å². The minimum atomic E-state index is -3.59. The fraction of sp³-hybridized carbons (Fsp3) is 0.385. The second-order valence-electron chi connectivity index (χ2n) is 5.03. The van der Waals surface area contributed by atoms with Crippen LogP contribution in [0.1, 0.15) is 17.0 Å². The highest BCUT2D eigenvalue weighted by atomic mass is 32.2. The molecule has 112 valence electrons. The lowest BCUT2D eigenvalue weighted by molar-refractivity contribution is 0.280. The molecule has 2 aromatic rings. The van der Waals surface area contributed by atoms with Crippen LogP contribution in [0.2, 0.25) is 0 Å². The number of aromatic nitrogens is 3. The molecule has 0 fully saturated rings. The van der Waals surface area contributed by atoms with Gasteiger partial charge < -0.3 is 9.67 Å².